The number of furan rings is 1. The molecule has 3 rings (SSSR count). The number of halogens is 2. The summed E-state index contributed by atoms with van der Waals surface area (Å²) in [6.45, 7) is 0.406. The van der Waals surface area contributed by atoms with E-state index in [1.807, 2.05) is 0 Å². The standard InChI is InChI=1S/C10H6Cl2N4O2S/c11-7-8(12)16(4-13-7)3-5-1-2-6(17-5)9-14-15-10(19)18-9/h1-2,4H,3H2,(H,15,19). The topological polar surface area (TPSA) is 72.8 Å². The van der Waals surface area contributed by atoms with E-state index in [4.69, 9.17) is 44.3 Å². The van der Waals surface area contributed by atoms with E-state index in [2.05, 4.69) is 15.2 Å². The van der Waals surface area contributed by atoms with E-state index in [9.17, 15) is 0 Å². The molecule has 0 saturated carbocycles. The van der Waals surface area contributed by atoms with Crippen LogP contribution in [0.1, 0.15) is 5.76 Å². The molecule has 0 spiro atoms. The molecule has 3 heterocycles. The summed E-state index contributed by atoms with van der Waals surface area (Å²) < 4.78 is 12.4. The van der Waals surface area contributed by atoms with Crippen molar-refractivity contribution in [3.63, 3.8) is 0 Å². The fourth-order valence-electron chi connectivity index (χ4n) is 1.53. The third kappa shape index (κ3) is 2.44. The number of hydrogen-bond donors (Lipinski definition) is 1. The lowest BCUT2D eigenvalue weighted by atomic mass is 10.4. The lowest BCUT2D eigenvalue weighted by Crippen LogP contribution is -1.96. The molecule has 0 saturated heterocycles. The van der Waals surface area contributed by atoms with Crippen LogP contribution in [0.5, 0.6) is 0 Å². The van der Waals surface area contributed by atoms with Gasteiger partial charge in [0.05, 0.1) is 12.9 Å². The van der Waals surface area contributed by atoms with Crippen LogP contribution in [0.15, 0.2) is 27.3 Å². The Morgan fingerprint density at radius 2 is 2.16 bits per heavy atom. The summed E-state index contributed by atoms with van der Waals surface area (Å²) in [6.07, 6.45) is 1.53. The third-order valence-electron chi connectivity index (χ3n) is 2.37. The van der Waals surface area contributed by atoms with E-state index in [0.29, 0.717) is 29.1 Å². The number of nitrogens with zero attached hydrogens (tertiary/aromatic N) is 3. The van der Waals surface area contributed by atoms with Crippen LogP contribution in [-0.2, 0) is 6.54 Å². The van der Waals surface area contributed by atoms with Crippen LogP contribution in [0.4, 0.5) is 0 Å². The molecule has 0 aliphatic carbocycles. The van der Waals surface area contributed by atoms with Gasteiger partial charge in [-0.2, -0.15) is 0 Å². The van der Waals surface area contributed by atoms with Crippen molar-refractivity contribution in [2.75, 3.05) is 0 Å². The van der Waals surface area contributed by atoms with Crippen LogP contribution in [0.25, 0.3) is 11.7 Å². The first kappa shape index (κ1) is 12.5. The highest BCUT2D eigenvalue weighted by molar-refractivity contribution is 7.71. The van der Waals surface area contributed by atoms with E-state index < -0.39 is 0 Å². The number of aromatic nitrogens is 4. The van der Waals surface area contributed by atoms with Gasteiger partial charge in [-0.3, -0.25) is 0 Å². The minimum atomic E-state index is 0.192. The molecule has 98 valence electrons. The summed E-state index contributed by atoms with van der Waals surface area (Å²) in [6, 6.07) is 3.52. The minimum absolute atomic E-state index is 0.192. The maximum absolute atomic E-state index is 5.96. The number of H-pyrrole nitrogens is 1. The Hall–Kier alpha value is -1.57. The van der Waals surface area contributed by atoms with Gasteiger partial charge in [0.25, 0.3) is 10.7 Å². The Bertz CT molecular complexity index is 772. The second kappa shape index (κ2) is 4.84. The van der Waals surface area contributed by atoms with Gasteiger partial charge >= 0.3 is 0 Å². The van der Waals surface area contributed by atoms with Gasteiger partial charge in [-0.1, -0.05) is 23.2 Å². The monoisotopic (exact) mass is 316 g/mol. The van der Waals surface area contributed by atoms with Gasteiger partial charge in [0, 0.05) is 0 Å². The molecular formula is C10H6Cl2N4O2S. The molecule has 0 amide bonds. The molecular weight excluding hydrogens is 311 g/mol. The fourth-order valence-corrected chi connectivity index (χ4v) is 1.96. The number of hydrogen-bond acceptors (Lipinski definition) is 5. The van der Waals surface area contributed by atoms with Crippen LogP contribution in [0.3, 0.4) is 0 Å². The number of nitrogens with one attached hydrogen (secondary N) is 1. The smallest absolute Gasteiger partial charge is 0.284 e. The quantitative estimate of drug-likeness (QED) is 0.748. The maximum Gasteiger partial charge on any atom is 0.284 e. The van der Waals surface area contributed by atoms with Crippen molar-refractivity contribution in [2.45, 2.75) is 6.54 Å². The van der Waals surface area contributed by atoms with Crippen molar-refractivity contribution in [1.82, 2.24) is 19.7 Å². The number of rotatable bonds is 3. The molecule has 0 unspecified atom stereocenters. The van der Waals surface area contributed by atoms with Crippen molar-refractivity contribution in [3.8, 4) is 11.7 Å². The molecule has 1 N–H and O–H groups in total. The van der Waals surface area contributed by atoms with Crippen molar-refractivity contribution in [2.24, 2.45) is 0 Å². The van der Waals surface area contributed by atoms with Gasteiger partial charge in [0.1, 0.15) is 10.9 Å². The number of imidazole rings is 1. The second-order valence-corrected chi connectivity index (χ2v) is 4.73. The lowest BCUT2D eigenvalue weighted by Gasteiger charge is -2.00. The van der Waals surface area contributed by atoms with E-state index in [1.165, 1.54) is 6.33 Å². The first-order valence-electron chi connectivity index (χ1n) is 5.14. The van der Waals surface area contributed by atoms with Gasteiger partial charge in [-0.15, -0.1) is 5.10 Å². The molecule has 0 aliphatic rings. The highest BCUT2D eigenvalue weighted by atomic mass is 35.5. The summed E-state index contributed by atoms with van der Waals surface area (Å²) in [4.78, 5) is 4.08. The molecule has 0 atom stereocenters. The van der Waals surface area contributed by atoms with Crippen LogP contribution < -0.4 is 0 Å². The fraction of sp³-hybridized carbons (Fsp3) is 0.100. The Morgan fingerprint density at radius 3 is 2.79 bits per heavy atom. The molecule has 6 nitrogen and oxygen atoms in total. The third-order valence-corrected chi connectivity index (χ3v) is 3.31. The number of aromatic amines is 1. The van der Waals surface area contributed by atoms with Gasteiger partial charge in [0.2, 0.25) is 0 Å². The predicted molar refractivity (Wildman–Crippen MR) is 70.7 cm³/mol. The molecule has 0 bridgehead atoms. The summed E-state index contributed by atoms with van der Waals surface area (Å²) in [5, 5.41) is 7.01. The zero-order valence-electron chi connectivity index (χ0n) is 9.26. The van der Waals surface area contributed by atoms with Crippen LogP contribution >= 0.6 is 35.4 Å². The van der Waals surface area contributed by atoms with Crippen LogP contribution in [0, 0.1) is 4.84 Å². The summed E-state index contributed by atoms with van der Waals surface area (Å²) in [7, 11) is 0. The van der Waals surface area contributed by atoms with Crippen molar-refractivity contribution in [1.29, 1.82) is 0 Å². The zero-order chi connectivity index (χ0) is 13.4. The summed E-state index contributed by atoms with van der Waals surface area (Å²) in [5.74, 6) is 1.44. The predicted octanol–water partition coefficient (Wildman–Crippen LogP) is 3.54. The van der Waals surface area contributed by atoms with E-state index in [-0.39, 0.29) is 9.99 Å². The average molecular weight is 317 g/mol. The highest BCUT2D eigenvalue weighted by Gasteiger charge is 2.12. The van der Waals surface area contributed by atoms with Gasteiger partial charge in [-0.05, 0) is 24.4 Å². The average Bonchev–Trinajstić information content (AvgIpc) is 3.07. The Balaban J connectivity index is 1.86. The Kier molecular flexibility index (Phi) is 3.17. The molecule has 0 aliphatic heterocycles. The molecule has 9 heteroatoms. The second-order valence-electron chi connectivity index (χ2n) is 3.64. The minimum Gasteiger partial charge on any atom is -0.454 e. The zero-order valence-corrected chi connectivity index (χ0v) is 11.6. The van der Waals surface area contributed by atoms with Crippen molar-refractivity contribution in [3.05, 3.63) is 39.4 Å². The first-order valence-corrected chi connectivity index (χ1v) is 6.30. The maximum atomic E-state index is 5.96. The highest BCUT2D eigenvalue weighted by Crippen LogP contribution is 2.24. The molecule has 3 aromatic heterocycles. The lowest BCUT2D eigenvalue weighted by molar-refractivity contribution is 0.473. The van der Waals surface area contributed by atoms with Gasteiger partial charge in [-0.25, -0.2) is 10.1 Å². The largest absolute Gasteiger partial charge is 0.454 e. The van der Waals surface area contributed by atoms with Gasteiger partial charge < -0.3 is 13.4 Å². The van der Waals surface area contributed by atoms with E-state index in [0.717, 1.165) is 0 Å². The SMILES string of the molecule is S=c1[nH]nc(-c2ccc(Cn3cnc(Cl)c3Cl)o2)o1. The summed E-state index contributed by atoms with van der Waals surface area (Å²) >= 11 is 16.5. The van der Waals surface area contributed by atoms with E-state index >= 15 is 0 Å². The van der Waals surface area contributed by atoms with Crippen LogP contribution in [0.2, 0.25) is 10.3 Å². The van der Waals surface area contributed by atoms with E-state index in [1.54, 1.807) is 16.7 Å². The summed E-state index contributed by atoms with van der Waals surface area (Å²) in [5.41, 5.74) is 0. The first-order chi connectivity index (χ1) is 9.13. The molecule has 0 fully saturated rings. The molecule has 0 radical (unpaired) electrons. The normalized spacial score (nSPS) is 11.1. The van der Waals surface area contributed by atoms with Crippen molar-refractivity contribution < 1.29 is 8.83 Å². The van der Waals surface area contributed by atoms with Crippen LogP contribution in [-0.4, -0.2) is 19.7 Å². The molecule has 0 aromatic carbocycles. The van der Waals surface area contributed by atoms with Gasteiger partial charge in [0.15, 0.2) is 10.9 Å². The Morgan fingerprint density at radius 1 is 1.32 bits per heavy atom. The molecule has 3 aromatic rings. The van der Waals surface area contributed by atoms with Crippen molar-refractivity contribution >= 4 is 35.4 Å². The Labute approximate surface area is 122 Å². The molecule has 19 heavy (non-hydrogen) atoms.